The van der Waals surface area contributed by atoms with Gasteiger partial charge in [0.2, 0.25) is 0 Å². The zero-order valence-electron chi connectivity index (χ0n) is 23.0. The first kappa shape index (κ1) is 33.8. The highest BCUT2D eigenvalue weighted by Crippen LogP contribution is 2.20. The molecule has 12 heteroatoms. The quantitative estimate of drug-likeness (QED) is 0.185. The average molecular weight is 543 g/mol. The Morgan fingerprint density at radius 2 is 1.17 bits per heavy atom. The average Bonchev–Trinajstić information content (AvgIpc) is 2.64. The second-order valence-electron chi connectivity index (χ2n) is 12.0. The predicted octanol–water partition coefficient (Wildman–Crippen LogP) is 4.49. The summed E-state index contributed by atoms with van der Waals surface area (Å²) in [7, 11) is -3.71. The SMILES string of the molecule is CC(C)(CNC(=O)OC(C)(C)C)COSCCCS(=O)(=O)OCC(C)(C)CNC(=O)OC(C)(C)C. The number of hydrogen-bond acceptors (Lipinski definition) is 9. The zero-order chi connectivity index (χ0) is 27.6. The van der Waals surface area contributed by atoms with E-state index >= 15 is 0 Å². The Bertz CT molecular complexity index is 769. The molecular weight excluding hydrogens is 496 g/mol. The molecule has 0 aliphatic carbocycles. The van der Waals surface area contributed by atoms with Crippen LogP contribution in [0, 0.1) is 10.8 Å². The highest BCUT2D eigenvalue weighted by molar-refractivity contribution is 7.94. The maximum absolute atomic E-state index is 12.2. The Balaban J connectivity index is 4.16. The second kappa shape index (κ2) is 13.9. The van der Waals surface area contributed by atoms with Gasteiger partial charge in [-0.25, -0.2) is 9.59 Å². The Hall–Kier alpha value is -1.24. The van der Waals surface area contributed by atoms with E-state index in [0.717, 1.165) is 0 Å². The largest absolute Gasteiger partial charge is 0.444 e. The summed E-state index contributed by atoms with van der Waals surface area (Å²) in [4.78, 5) is 23.6. The summed E-state index contributed by atoms with van der Waals surface area (Å²) in [6.45, 7) is 19.1. The molecule has 0 fully saturated rings. The first-order chi connectivity index (χ1) is 15.6. The molecule has 0 atom stereocenters. The van der Waals surface area contributed by atoms with E-state index in [0.29, 0.717) is 25.3 Å². The lowest BCUT2D eigenvalue weighted by atomic mass is 9.95. The van der Waals surface area contributed by atoms with Gasteiger partial charge in [-0.1, -0.05) is 27.7 Å². The molecular formula is C23H46N2O8S2. The molecule has 0 aliphatic heterocycles. The molecule has 0 bridgehead atoms. The van der Waals surface area contributed by atoms with Crippen LogP contribution in [0.2, 0.25) is 0 Å². The molecule has 0 unspecified atom stereocenters. The molecule has 0 spiro atoms. The van der Waals surface area contributed by atoms with Crippen molar-refractivity contribution in [1.82, 2.24) is 10.6 Å². The van der Waals surface area contributed by atoms with Crippen LogP contribution in [0.3, 0.4) is 0 Å². The molecule has 35 heavy (non-hydrogen) atoms. The van der Waals surface area contributed by atoms with Crippen molar-refractivity contribution < 1.29 is 35.8 Å². The smallest absolute Gasteiger partial charge is 0.407 e. The summed E-state index contributed by atoms with van der Waals surface area (Å²) >= 11 is 1.18. The van der Waals surface area contributed by atoms with E-state index in [4.69, 9.17) is 17.8 Å². The van der Waals surface area contributed by atoms with E-state index in [1.54, 1.807) is 55.4 Å². The summed E-state index contributed by atoms with van der Waals surface area (Å²) in [5, 5.41) is 5.36. The minimum absolute atomic E-state index is 0.0619. The van der Waals surface area contributed by atoms with E-state index in [-0.39, 0.29) is 24.3 Å². The van der Waals surface area contributed by atoms with Crippen LogP contribution in [0.15, 0.2) is 0 Å². The highest BCUT2D eigenvalue weighted by Gasteiger charge is 2.25. The van der Waals surface area contributed by atoms with Crippen molar-refractivity contribution in [3.63, 3.8) is 0 Å². The number of carbonyl (C=O) groups is 2. The van der Waals surface area contributed by atoms with E-state index in [1.807, 2.05) is 13.8 Å². The van der Waals surface area contributed by atoms with Crippen molar-refractivity contribution >= 4 is 34.3 Å². The maximum Gasteiger partial charge on any atom is 0.407 e. The Kier molecular flexibility index (Phi) is 13.4. The van der Waals surface area contributed by atoms with Crippen molar-refractivity contribution in [2.45, 2.75) is 86.9 Å². The van der Waals surface area contributed by atoms with Gasteiger partial charge in [0.25, 0.3) is 10.1 Å². The summed E-state index contributed by atoms with van der Waals surface area (Å²) in [6, 6.07) is 0. The highest BCUT2D eigenvalue weighted by atomic mass is 32.2. The molecule has 208 valence electrons. The number of nitrogens with one attached hydrogen (secondary N) is 2. The van der Waals surface area contributed by atoms with Gasteiger partial charge in [0, 0.05) is 29.7 Å². The van der Waals surface area contributed by atoms with Crippen molar-refractivity contribution in [3.8, 4) is 0 Å². The maximum atomic E-state index is 12.2. The number of hydrogen-bond donors (Lipinski definition) is 2. The third-order valence-electron chi connectivity index (χ3n) is 4.00. The van der Waals surface area contributed by atoms with Crippen LogP contribution in [-0.2, 0) is 28.0 Å². The van der Waals surface area contributed by atoms with Crippen LogP contribution in [-0.4, -0.2) is 69.6 Å². The molecule has 0 saturated carbocycles. The fraction of sp³-hybridized carbons (Fsp3) is 0.913. The van der Waals surface area contributed by atoms with Crippen LogP contribution < -0.4 is 10.6 Å². The van der Waals surface area contributed by atoms with E-state index in [2.05, 4.69) is 10.6 Å². The van der Waals surface area contributed by atoms with Gasteiger partial charge in [-0.3, -0.25) is 4.18 Å². The van der Waals surface area contributed by atoms with Gasteiger partial charge in [-0.15, -0.1) is 0 Å². The first-order valence-corrected chi connectivity index (χ1v) is 14.2. The Morgan fingerprint density at radius 1 is 0.743 bits per heavy atom. The minimum Gasteiger partial charge on any atom is -0.444 e. The van der Waals surface area contributed by atoms with Crippen molar-refractivity contribution in [1.29, 1.82) is 0 Å². The standard InChI is InChI=1S/C23H46N2O8S2/c1-20(2,3)32-18(26)24-14-22(7,8)16-30-34-12-11-13-35(28,29)31-17-23(9,10)15-25-19(27)33-21(4,5)6/h11-17H2,1-10H3,(H,24,26)(H,25,27). The number of rotatable bonds is 14. The third kappa shape index (κ3) is 20.6. The topological polar surface area (TPSA) is 129 Å². The van der Waals surface area contributed by atoms with E-state index in [9.17, 15) is 18.0 Å². The molecule has 10 nitrogen and oxygen atoms in total. The Labute approximate surface area is 216 Å². The number of carbonyl (C=O) groups excluding carboxylic acids is 2. The van der Waals surface area contributed by atoms with Crippen LogP contribution in [0.5, 0.6) is 0 Å². The van der Waals surface area contributed by atoms with Crippen molar-refractivity contribution in [3.05, 3.63) is 0 Å². The molecule has 2 amide bonds. The lowest BCUT2D eigenvalue weighted by molar-refractivity contribution is 0.0484. The van der Waals surface area contributed by atoms with Crippen LogP contribution >= 0.6 is 12.0 Å². The molecule has 0 radical (unpaired) electrons. The lowest BCUT2D eigenvalue weighted by Gasteiger charge is -2.26. The minimum atomic E-state index is -3.71. The van der Waals surface area contributed by atoms with Crippen molar-refractivity contribution in [2.24, 2.45) is 10.8 Å². The van der Waals surface area contributed by atoms with Crippen LogP contribution in [0.1, 0.15) is 75.7 Å². The number of ether oxygens (including phenoxy) is 2. The van der Waals surface area contributed by atoms with Gasteiger partial charge < -0.3 is 24.3 Å². The molecule has 0 aliphatic rings. The van der Waals surface area contributed by atoms with Crippen LogP contribution in [0.25, 0.3) is 0 Å². The summed E-state index contributed by atoms with van der Waals surface area (Å²) < 4.78 is 45.5. The fourth-order valence-corrected chi connectivity index (χ4v) is 4.30. The second-order valence-corrected chi connectivity index (χ2v) is 14.6. The molecule has 2 N–H and O–H groups in total. The van der Waals surface area contributed by atoms with Crippen LogP contribution in [0.4, 0.5) is 9.59 Å². The molecule has 0 aromatic carbocycles. The van der Waals surface area contributed by atoms with Crippen molar-refractivity contribution in [2.75, 3.05) is 37.8 Å². The van der Waals surface area contributed by atoms with E-state index in [1.165, 1.54) is 12.0 Å². The molecule has 0 heterocycles. The van der Waals surface area contributed by atoms with Gasteiger partial charge >= 0.3 is 12.2 Å². The summed E-state index contributed by atoms with van der Waals surface area (Å²) in [5.74, 6) is 0.338. The third-order valence-corrected chi connectivity index (χ3v) is 6.01. The molecule has 0 rings (SSSR count). The summed E-state index contributed by atoms with van der Waals surface area (Å²) in [6.07, 6.45) is -0.679. The number of amides is 2. The van der Waals surface area contributed by atoms with Gasteiger partial charge in [0.1, 0.15) is 11.2 Å². The Morgan fingerprint density at radius 3 is 1.60 bits per heavy atom. The van der Waals surface area contributed by atoms with Gasteiger partial charge in [-0.2, -0.15) is 8.42 Å². The van der Waals surface area contributed by atoms with Gasteiger partial charge in [-0.05, 0) is 60.0 Å². The molecule has 0 saturated heterocycles. The monoisotopic (exact) mass is 542 g/mol. The zero-order valence-corrected chi connectivity index (χ0v) is 24.7. The first-order valence-electron chi connectivity index (χ1n) is 11.7. The lowest BCUT2D eigenvalue weighted by Crippen LogP contribution is -2.40. The summed E-state index contributed by atoms with van der Waals surface area (Å²) in [5.41, 5.74) is -2.08. The normalized spacial score (nSPS) is 13.3. The van der Waals surface area contributed by atoms with Gasteiger partial charge in [0.15, 0.2) is 0 Å². The van der Waals surface area contributed by atoms with Gasteiger partial charge in [0.05, 0.1) is 19.0 Å². The predicted molar refractivity (Wildman–Crippen MR) is 139 cm³/mol. The molecule has 0 aromatic rings. The molecule has 0 aromatic heterocycles. The van der Waals surface area contributed by atoms with E-state index < -0.39 is 38.9 Å². The fourth-order valence-electron chi connectivity index (χ4n) is 2.22. The number of alkyl carbamates (subject to hydrolysis) is 2.